The SMILES string of the molecule is Br.Cc1ccc(N2Cc3ccccc3C2=N)cc1[N+](=O)[O-]. The Kier molecular flexibility index (Phi) is 4.09. The highest BCUT2D eigenvalue weighted by molar-refractivity contribution is 8.93. The van der Waals surface area contributed by atoms with E-state index < -0.39 is 0 Å². The van der Waals surface area contributed by atoms with Gasteiger partial charge in [0.05, 0.1) is 11.5 Å². The standard InChI is InChI=1S/C15H13N3O2.BrH/c1-10-6-7-12(8-14(10)18(19)20)17-9-11-4-2-3-5-13(11)15(17)16;/h2-8,16H,9H2,1H3;1H. The number of hydrogen-bond acceptors (Lipinski definition) is 3. The first kappa shape index (κ1) is 15.2. The van der Waals surface area contributed by atoms with E-state index in [4.69, 9.17) is 5.41 Å². The number of amidine groups is 1. The third-order valence-electron chi connectivity index (χ3n) is 3.57. The van der Waals surface area contributed by atoms with E-state index in [1.807, 2.05) is 30.3 Å². The Morgan fingerprint density at radius 2 is 1.95 bits per heavy atom. The monoisotopic (exact) mass is 347 g/mol. The second-order valence-electron chi connectivity index (χ2n) is 4.82. The number of nitrogens with one attached hydrogen (secondary N) is 1. The summed E-state index contributed by atoms with van der Waals surface area (Å²) in [6.07, 6.45) is 0. The van der Waals surface area contributed by atoms with Gasteiger partial charge in [-0.1, -0.05) is 30.3 Å². The zero-order valence-corrected chi connectivity index (χ0v) is 13.1. The number of rotatable bonds is 2. The molecular formula is C15H14BrN3O2. The molecule has 0 saturated heterocycles. The summed E-state index contributed by atoms with van der Waals surface area (Å²) in [5.41, 5.74) is 3.35. The van der Waals surface area contributed by atoms with E-state index in [1.54, 1.807) is 17.9 Å². The molecule has 3 rings (SSSR count). The van der Waals surface area contributed by atoms with Crippen molar-refractivity contribution in [1.29, 1.82) is 5.41 Å². The van der Waals surface area contributed by atoms with Gasteiger partial charge in [-0.15, -0.1) is 17.0 Å². The maximum Gasteiger partial charge on any atom is 0.274 e. The zero-order valence-electron chi connectivity index (χ0n) is 11.4. The van der Waals surface area contributed by atoms with Crippen LogP contribution in [0, 0.1) is 22.4 Å². The Morgan fingerprint density at radius 1 is 1.24 bits per heavy atom. The summed E-state index contributed by atoms with van der Waals surface area (Å²) in [6.45, 7) is 2.29. The first-order valence-electron chi connectivity index (χ1n) is 6.27. The lowest BCUT2D eigenvalue weighted by Gasteiger charge is -2.18. The van der Waals surface area contributed by atoms with Gasteiger partial charge in [0, 0.05) is 22.9 Å². The second kappa shape index (κ2) is 5.65. The minimum absolute atomic E-state index is 0. The van der Waals surface area contributed by atoms with Gasteiger partial charge in [0.15, 0.2) is 0 Å². The molecule has 1 heterocycles. The van der Waals surface area contributed by atoms with E-state index in [0.29, 0.717) is 23.6 Å². The highest BCUT2D eigenvalue weighted by Crippen LogP contribution is 2.31. The van der Waals surface area contributed by atoms with Crippen LogP contribution in [0.1, 0.15) is 16.7 Å². The van der Waals surface area contributed by atoms with E-state index in [2.05, 4.69) is 0 Å². The van der Waals surface area contributed by atoms with Crippen LogP contribution in [-0.2, 0) is 6.54 Å². The predicted molar refractivity (Wildman–Crippen MR) is 87.6 cm³/mol. The third kappa shape index (κ3) is 2.54. The molecule has 108 valence electrons. The fourth-order valence-corrected chi connectivity index (χ4v) is 2.47. The van der Waals surface area contributed by atoms with Crippen molar-refractivity contribution in [2.75, 3.05) is 4.90 Å². The topological polar surface area (TPSA) is 70.2 Å². The van der Waals surface area contributed by atoms with Crippen molar-refractivity contribution in [3.05, 3.63) is 69.3 Å². The van der Waals surface area contributed by atoms with Crippen molar-refractivity contribution in [3.63, 3.8) is 0 Å². The van der Waals surface area contributed by atoms with Crippen LogP contribution in [0.15, 0.2) is 42.5 Å². The molecule has 2 aromatic rings. The van der Waals surface area contributed by atoms with Crippen LogP contribution < -0.4 is 4.90 Å². The number of fused-ring (bicyclic) bond motifs is 1. The number of nitrogens with zero attached hydrogens (tertiary/aromatic N) is 2. The first-order valence-corrected chi connectivity index (χ1v) is 6.27. The molecule has 0 unspecified atom stereocenters. The Morgan fingerprint density at radius 3 is 2.62 bits per heavy atom. The molecule has 0 fully saturated rings. The van der Waals surface area contributed by atoms with E-state index in [9.17, 15) is 10.1 Å². The number of halogens is 1. The van der Waals surface area contributed by atoms with Crippen molar-refractivity contribution in [2.45, 2.75) is 13.5 Å². The van der Waals surface area contributed by atoms with Crippen molar-refractivity contribution in [3.8, 4) is 0 Å². The first-order chi connectivity index (χ1) is 9.58. The molecule has 0 atom stereocenters. The number of nitro groups is 1. The number of benzene rings is 2. The Hall–Kier alpha value is -2.21. The third-order valence-corrected chi connectivity index (χ3v) is 3.57. The van der Waals surface area contributed by atoms with Gasteiger partial charge in [0.1, 0.15) is 5.84 Å². The summed E-state index contributed by atoms with van der Waals surface area (Å²) < 4.78 is 0. The van der Waals surface area contributed by atoms with Crippen LogP contribution in [-0.4, -0.2) is 10.8 Å². The largest absolute Gasteiger partial charge is 0.322 e. The summed E-state index contributed by atoms with van der Waals surface area (Å²) in [4.78, 5) is 12.4. The van der Waals surface area contributed by atoms with Gasteiger partial charge in [-0.2, -0.15) is 0 Å². The van der Waals surface area contributed by atoms with Gasteiger partial charge >= 0.3 is 0 Å². The van der Waals surface area contributed by atoms with E-state index in [1.165, 1.54) is 6.07 Å². The molecular weight excluding hydrogens is 334 g/mol. The van der Waals surface area contributed by atoms with E-state index in [0.717, 1.165) is 11.1 Å². The number of anilines is 1. The van der Waals surface area contributed by atoms with Crippen LogP contribution in [0.2, 0.25) is 0 Å². The van der Waals surface area contributed by atoms with Crippen molar-refractivity contribution < 1.29 is 4.92 Å². The molecule has 0 bridgehead atoms. The Balaban J connectivity index is 0.00000161. The lowest BCUT2D eigenvalue weighted by molar-refractivity contribution is -0.385. The minimum Gasteiger partial charge on any atom is -0.322 e. The molecule has 2 aromatic carbocycles. The summed E-state index contributed by atoms with van der Waals surface area (Å²) in [5, 5.41) is 19.2. The quantitative estimate of drug-likeness (QED) is 0.662. The molecule has 0 radical (unpaired) electrons. The molecule has 0 spiro atoms. The Labute approximate surface area is 132 Å². The van der Waals surface area contributed by atoms with Gasteiger partial charge < -0.3 is 4.90 Å². The smallest absolute Gasteiger partial charge is 0.274 e. The molecule has 0 aliphatic carbocycles. The van der Waals surface area contributed by atoms with Crippen molar-refractivity contribution in [1.82, 2.24) is 0 Å². The van der Waals surface area contributed by atoms with Crippen molar-refractivity contribution >= 4 is 34.2 Å². The van der Waals surface area contributed by atoms with Gasteiger partial charge in [-0.3, -0.25) is 15.5 Å². The summed E-state index contributed by atoms with van der Waals surface area (Å²) in [5.74, 6) is 0.388. The van der Waals surface area contributed by atoms with Gasteiger partial charge in [0.25, 0.3) is 5.69 Å². The maximum absolute atomic E-state index is 11.0. The number of hydrogen-bond donors (Lipinski definition) is 1. The molecule has 0 amide bonds. The molecule has 0 aromatic heterocycles. The van der Waals surface area contributed by atoms with Crippen LogP contribution in [0.25, 0.3) is 0 Å². The molecule has 1 N–H and O–H groups in total. The molecule has 6 heteroatoms. The summed E-state index contributed by atoms with van der Waals surface area (Å²) >= 11 is 0. The molecule has 0 saturated carbocycles. The number of nitro benzene ring substituents is 1. The minimum atomic E-state index is -0.383. The summed E-state index contributed by atoms with van der Waals surface area (Å²) in [6, 6.07) is 12.8. The van der Waals surface area contributed by atoms with Crippen LogP contribution in [0.5, 0.6) is 0 Å². The normalized spacial score (nSPS) is 12.8. The lowest BCUT2D eigenvalue weighted by Crippen LogP contribution is -2.23. The van der Waals surface area contributed by atoms with Crippen LogP contribution in [0.3, 0.4) is 0 Å². The highest BCUT2D eigenvalue weighted by atomic mass is 79.9. The molecule has 1 aliphatic rings. The number of aryl methyl sites for hydroxylation is 1. The second-order valence-corrected chi connectivity index (χ2v) is 4.82. The lowest BCUT2D eigenvalue weighted by atomic mass is 10.1. The Bertz CT molecular complexity index is 731. The predicted octanol–water partition coefficient (Wildman–Crippen LogP) is 3.83. The fourth-order valence-electron chi connectivity index (χ4n) is 2.47. The fraction of sp³-hybridized carbons (Fsp3) is 0.133. The van der Waals surface area contributed by atoms with Crippen molar-refractivity contribution in [2.24, 2.45) is 0 Å². The average Bonchev–Trinajstić information content (AvgIpc) is 2.77. The van der Waals surface area contributed by atoms with E-state index >= 15 is 0 Å². The molecule has 5 nitrogen and oxygen atoms in total. The van der Waals surface area contributed by atoms with E-state index in [-0.39, 0.29) is 27.6 Å². The summed E-state index contributed by atoms with van der Waals surface area (Å²) in [7, 11) is 0. The zero-order chi connectivity index (χ0) is 14.3. The van der Waals surface area contributed by atoms with Crippen LogP contribution >= 0.6 is 17.0 Å². The van der Waals surface area contributed by atoms with Gasteiger partial charge in [0.2, 0.25) is 0 Å². The molecule has 21 heavy (non-hydrogen) atoms. The van der Waals surface area contributed by atoms with Gasteiger partial charge in [-0.05, 0) is 18.6 Å². The molecule has 1 aliphatic heterocycles. The van der Waals surface area contributed by atoms with Gasteiger partial charge in [-0.25, -0.2) is 0 Å². The maximum atomic E-state index is 11.0. The average molecular weight is 348 g/mol. The van der Waals surface area contributed by atoms with Crippen LogP contribution in [0.4, 0.5) is 11.4 Å². The highest BCUT2D eigenvalue weighted by Gasteiger charge is 2.26.